The first-order chi connectivity index (χ1) is 9.31. The van der Waals surface area contributed by atoms with Gasteiger partial charge in [0.1, 0.15) is 4.90 Å². The third-order valence-electron chi connectivity index (χ3n) is 2.46. The predicted molar refractivity (Wildman–Crippen MR) is 80.8 cm³/mol. The van der Waals surface area contributed by atoms with Gasteiger partial charge in [-0.05, 0) is 30.3 Å². The van der Waals surface area contributed by atoms with E-state index in [0.29, 0.717) is 4.47 Å². The van der Waals surface area contributed by atoms with E-state index < -0.39 is 15.8 Å². The second kappa shape index (κ2) is 5.59. The smallest absolute Gasteiger partial charge is 0.264 e. The fraction of sp³-hybridized carbons (Fsp3) is 0. The molecule has 2 aromatic carbocycles. The zero-order valence-corrected chi connectivity index (χ0v) is 13.1. The summed E-state index contributed by atoms with van der Waals surface area (Å²) in [6.07, 6.45) is 0. The molecule has 0 bridgehead atoms. The Labute approximate surface area is 128 Å². The van der Waals surface area contributed by atoms with Gasteiger partial charge in [-0.15, -0.1) is 0 Å². The van der Waals surface area contributed by atoms with Crippen molar-refractivity contribution in [2.24, 2.45) is 0 Å². The van der Waals surface area contributed by atoms with E-state index in [-0.39, 0.29) is 21.3 Å². The number of nitrogens with two attached hydrogens (primary N) is 1. The maximum Gasteiger partial charge on any atom is 0.264 e. The summed E-state index contributed by atoms with van der Waals surface area (Å²) in [6.45, 7) is 0. The standard InChI is InChI=1S/C12H9BrClFN2O2S/c13-7-4-5-11(9(16)6-7)20(18,19)17-10-3-1-2-8(14)12(10)15/h1-6,17H,16H2. The van der Waals surface area contributed by atoms with Gasteiger partial charge in [0, 0.05) is 4.47 Å². The number of halogens is 3. The highest BCUT2D eigenvalue weighted by Gasteiger charge is 2.20. The lowest BCUT2D eigenvalue weighted by Crippen LogP contribution is -2.15. The summed E-state index contributed by atoms with van der Waals surface area (Å²) in [5.74, 6) is -0.839. The number of rotatable bonds is 3. The molecule has 106 valence electrons. The number of hydrogen-bond donors (Lipinski definition) is 2. The van der Waals surface area contributed by atoms with Gasteiger partial charge in [-0.1, -0.05) is 33.6 Å². The van der Waals surface area contributed by atoms with Gasteiger partial charge in [-0.25, -0.2) is 12.8 Å². The van der Waals surface area contributed by atoms with Gasteiger partial charge in [0.15, 0.2) is 5.82 Å². The number of anilines is 2. The summed E-state index contributed by atoms with van der Waals surface area (Å²) in [5.41, 5.74) is 5.47. The lowest BCUT2D eigenvalue weighted by Gasteiger charge is -2.11. The number of nitrogen functional groups attached to an aromatic ring is 1. The molecule has 0 fully saturated rings. The van der Waals surface area contributed by atoms with Crippen LogP contribution in [0.5, 0.6) is 0 Å². The molecule has 3 N–H and O–H groups in total. The first kappa shape index (κ1) is 15.1. The fourth-order valence-corrected chi connectivity index (χ4v) is 3.27. The molecule has 0 aliphatic heterocycles. The van der Waals surface area contributed by atoms with Crippen molar-refractivity contribution in [2.75, 3.05) is 10.5 Å². The van der Waals surface area contributed by atoms with Gasteiger partial charge >= 0.3 is 0 Å². The highest BCUT2D eigenvalue weighted by atomic mass is 79.9. The van der Waals surface area contributed by atoms with Crippen LogP contribution in [-0.4, -0.2) is 8.42 Å². The van der Waals surface area contributed by atoms with E-state index in [1.165, 1.54) is 36.4 Å². The molecule has 20 heavy (non-hydrogen) atoms. The Morgan fingerprint density at radius 3 is 2.60 bits per heavy atom. The topological polar surface area (TPSA) is 72.2 Å². The molecule has 0 atom stereocenters. The zero-order chi connectivity index (χ0) is 14.9. The summed E-state index contributed by atoms with van der Waals surface area (Å²) >= 11 is 8.78. The molecule has 0 saturated heterocycles. The van der Waals surface area contributed by atoms with E-state index in [0.717, 1.165) is 0 Å². The fourth-order valence-electron chi connectivity index (χ4n) is 1.55. The van der Waals surface area contributed by atoms with Crippen molar-refractivity contribution in [2.45, 2.75) is 4.90 Å². The van der Waals surface area contributed by atoms with E-state index in [1.807, 2.05) is 0 Å². The second-order valence-corrected chi connectivity index (χ2v) is 6.86. The zero-order valence-electron chi connectivity index (χ0n) is 9.90. The highest BCUT2D eigenvalue weighted by molar-refractivity contribution is 9.10. The van der Waals surface area contributed by atoms with Crippen LogP contribution in [0.3, 0.4) is 0 Å². The Morgan fingerprint density at radius 1 is 1.25 bits per heavy atom. The van der Waals surface area contributed by atoms with Crippen molar-refractivity contribution in [3.05, 3.63) is 51.7 Å². The minimum absolute atomic E-state index is 0.0503. The monoisotopic (exact) mass is 378 g/mol. The largest absolute Gasteiger partial charge is 0.398 e. The third-order valence-corrected chi connectivity index (χ3v) is 4.68. The molecule has 2 rings (SSSR count). The second-order valence-electron chi connectivity index (χ2n) is 3.89. The Morgan fingerprint density at radius 2 is 1.95 bits per heavy atom. The van der Waals surface area contributed by atoms with Crippen molar-refractivity contribution in [1.29, 1.82) is 0 Å². The number of hydrogen-bond acceptors (Lipinski definition) is 3. The van der Waals surface area contributed by atoms with Crippen LogP contribution in [0.15, 0.2) is 45.8 Å². The molecule has 2 aromatic rings. The number of benzene rings is 2. The first-order valence-electron chi connectivity index (χ1n) is 5.33. The van der Waals surface area contributed by atoms with Crippen LogP contribution in [0.25, 0.3) is 0 Å². The molecule has 4 nitrogen and oxygen atoms in total. The Balaban J connectivity index is 2.44. The Kier molecular flexibility index (Phi) is 4.22. The van der Waals surface area contributed by atoms with Gasteiger partial charge in [0.05, 0.1) is 16.4 Å². The van der Waals surface area contributed by atoms with Crippen molar-refractivity contribution in [1.82, 2.24) is 0 Å². The first-order valence-corrected chi connectivity index (χ1v) is 7.98. The van der Waals surface area contributed by atoms with E-state index in [9.17, 15) is 12.8 Å². The van der Waals surface area contributed by atoms with Gasteiger partial charge in [-0.3, -0.25) is 4.72 Å². The van der Waals surface area contributed by atoms with Crippen molar-refractivity contribution < 1.29 is 12.8 Å². The summed E-state index contributed by atoms with van der Waals surface area (Å²) in [6, 6.07) is 8.33. The van der Waals surface area contributed by atoms with Crippen LogP contribution < -0.4 is 10.5 Å². The third kappa shape index (κ3) is 3.05. The van der Waals surface area contributed by atoms with Crippen molar-refractivity contribution in [3.8, 4) is 0 Å². The quantitative estimate of drug-likeness (QED) is 0.800. The summed E-state index contributed by atoms with van der Waals surface area (Å²) in [4.78, 5) is -0.139. The van der Waals surface area contributed by atoms with E-state index in [2.05, 4.69) is 20.7 Å². The molecule has 0 saturated carbocycles. The van der Waals surface area contributed by atoms with E-state index in [1.54, 1.807) is 0 Å². The van der Waals surface area contributed by atoms with Crippen molar-refractivity contribution in [3.63, 3.8) is 0 Å². The van der Waals surface area contributed by atoms with E-state index >= 15 is 0 Å². The molecular weight excluding hydrogens is 371 g/mol. The van der Waals surface area contributed by atoms with Crippen LogP contribution in [-0.2, 0) is 10.0 Å². The minimum Gasteiger partial charge on any atom is -0.398 e. The average Bonchev–Trinajstić information content (AvgIpc) is 2.34. The molecule has 0 aliphatic rings. The molecule has 0 unspecified atom stereocenters. The predicted octanol–water partition coefficient (Wildman–Crippen LogP) is 3.62. The van der Waals surface area contributed by atoms with E-state index in [4.69, 9.17) is 17.3 Å². The molecule has 0 heterocycles. The van der Waals surface area contributed by atoms with Gasteiger partial charge in [0.25, 0.3) is 10.0 Å². The molecule has 0 amide bonds. The SMILES string of the molecule is Nc1cc(Br)ccc1S(=O)(=O)Nc1cccc(Cl)c1F. The lowest BCUT2D eigenvalue weighted by molar-refractivity contribution is 0.599. The van der Waals surface area contributed by atoms with Crippen LogP contribution in [0.4, 0.5) is 15.8 Å². The Hall–Kier alpha value is -1.31. The molecule has 0 spiro atoms. The molecular formula is C12H9BrClFN2O2S. The summed E-state index contributed by atoms with van der Waals surface area (Å²) < 4.78 is 40.8. The number of nitrogens with one attached hydrogen (secondary N) is 1. The molecule has 8 heteroatoms. The molecule has 0 aliphatic carbocycles. The van der Waals surface area contributed by atoms with Gasteiger partial charge in [-0.2, -0.15) is 0 Å². The minimum atomic E-state index is -3.99. The maximum atomic E-state index is 13.7. The average molecular weight is 380 g/mol. The van der Waals surface area contributed by atoms with Crippen LogP contribution >= 0.6 is 27.5 Å². The highest BCUT2D eigenvalue weighted by Crippen LogP contribution is 2.27. The normalized spacial score (nSPS) is 11.3. The summed E-state index contributed by atoms with van der Waals surface area (Å²) in [7, 11) is -3.99. The summed E-state index contributed by atoms with van der Waals surface area (Å²) in [5, 5.41) is -0.172. The van der Waals surface area contributed by atoms with Gasteiger partial charge in [0.2, 0.25) is 0 Å². The van der Waals surface area contributed by atoms with Crippen LogP contribution in [0.2, 0.25) is 5.02 Å². The molecule has 0 aromatic heterocycles. The van der Waals surface area contributed by atoms with Crippen molar-refractivity contribution >= 4 is 48.9 Å². The molecule has 0 radical (unpaired) electrons. The van der Waals surface area contributed by atoms with Crippen LogP contribution in [0, 0.1) is 5.82 Å². The maximum absolute atomic E-state index is 13.7. The van der Waals surface area contributed by atoms with Crippen LogP contribution in [0.1, 0.15) is 0 Å². The number of sulfonamides is 1. The van der Waals surface area contributed by atoms with Gasteiger partial charge < -0.3 is 5.73 Å². The lowest BCUT2D eigenvalue weighted by atomic mass is 10.3. The Bertz CT molecular complexity index is 768.